The minimum absolute atomic E-state index is 0.0481. The van der Waals surface area contributed by atoms with E-state index in [0.29, 0.717) is 17.7 Å². The van der Waals surface area contributed by atoms with Gasteiger partial charge in [0, 0.05) is 32.0 Å². The van der Waals surface area contributed by atoms with Gasteiger partial charge in [-0.1, -0.05) is 35.9 Å². The van der Waals surface area contributed by atoms with Crippen LogP contribution in [0.5, 0.6) is 0 Å². The number of benzene rings is 1. The molecule has 2 N–H and O–H groups in total. The average molecular weight is 386 g/mol. The second kappa shape index (κ2) is 9.37. The Balaban J connectivity index is 1.48. The number of nitrogens with zero attached hydrogens (tertiary/aromatic N) is 3. The standard InChI is InChI=1S/C20H24ClN5O/c1-22-20(23-11-10-15-8-9-18(21)24-13-15)25-14-19(27)26-12-4-6-16-5-2-3-7-17(16)26/h2-3,5,7-9,13H,4,6,10-12,14H2,1H3,(H2,22,23,25). The molecule has 0 saturated carbocycles. The van der Waals surface area contributed by atoms with Crippen molar-refractivity contribution in [1.29, 1.82) is 0 Å². The van der Waals surface area contributed by atoms with Crippen molar-refractivity contribution in [2.24, 2.45) is 4.99 Å². The minimum atomic E-state index is 0.0481. The van der Waals surface area contributed by atoms with Crippen molar-refractivity contribution in [2.75, 3.05) is 31.6 Å². The summed E-state index contributed by atoms with van der Waals surface area (Å²) in [4.78, 5) is 22.8. The first kappa shape index (κ1) is 19.2. The van der Waals surface area contributed by atoms with Gasteiger partial charge < -0.3 is 15.5 Å². The molecular weight excluding hydrogens is 362 g/mol. The molecule has 142 valence electrons. The number of carbonyl (C=O) groups is 1. The highest BCUT2D eigenvalue weighted by atomic mass is 35.5. The molecule has 1 aliphatic heterocycles. The molecule has 1 aromatic carbocycles. The number of fused-ring (bicyclic) bond motifs is 1. The van der Waals surface area contributed by atoms with Gasteiger partial charge in [-0.15, -0.1) is 0 Å². The van der Waals surface area contributed by atoms with E-state index in [0.717, 1.165) is 37.1 Å². The summed E-state index contributed by atoms with van der Waals surface area (Å²) in [7, 11) is 1.69. The molecule has 0 fully saturated rings. The minimum Gasteiger partial charge on any atom is -0.356 e. The van der Waals surface area contributed by atoms with Crippen LogP contribution in [0.2, 0.25) is 5.15 Å². The SMILES string of the molecule is CN=C(NCCc1ccc(Cl)nc1)NCC(=O)N1CCCc2ccccc21. The van der Waals surface area contributed by atoms with E-state index in [9.17, 15) is 4.79 Å². The summed E-state index contributed by atoms with van der Waals surface area (Å²) in [5.41, 5.74) is 3.34. The Morgan fingerprint density at radius 2 is 2.11 bits per heavy atom. The van der Waals surface area contributed by atoms with Crippen LogP contribution >= 0.6 is 11.6 Å². The number of pyridine rings is 1. The molecule has 6 nitrogen and oxygen atoms in total. The Morgan fingerprint density at radius 3 is 2.89 bits per heavy atom. The fraction of sp³-hybridized carbons (Fsp3) is 0.350. The van der Waals surface area contributed by atoms with Crippen LogP contribution in [0.1, 0.15) is 17.5 Å². The smallest absolute Gasteiger partial charge is 0.246 e. The van der Waals surface area contributed by atoms with Crippen molar-refractivity contribution in [3.05, 3.63) is 58.9 Å². The van der Waals surface area contributed by atoms with Crippen LogP contribution < -0.4 is 15.5 Å². The summed E-state index contributed by atoms with van der Waals surface area (Å²) in [6.45, 7) is 1.65. The van der Waals surface area contributed by atoms with Gasteiger partial charge in [-0.3, -0.25) is 9.79 Å². The van der Waals surface area contributed by atoms with Gasteiger partial charge in [0.15, 0.2) is 5.96 Å². The van der Waals surface area contributed by atoms with Gasteiger partial charge in [0.1, 0.15) is 5.15 Å². The first-order chi connectivity index (χ1) is 13.2. The lowest BCUT2D eigenvalue weighted by atomic mass is 10.0. The van der Waals surface area contributed by atoms with Crippen molar-refractivity contribution in [1.82, 2.24) is 15.6 Å². The number of nitrogens with one attached hydrogen (secondary N) is 2. The Kier molecular flexibility index (Phi) is 6.65. The quantitative estimate of drug-likeness (QED) is 0.471. The third kappa shape index (κ3) is 5.20. The van der Waals surface area contributed by atoms with Gasteiger partial charge in [0.25, 0.3) is 0 Å². The normalized spacial score (nSPS) is 13.9. The molecule has 3 rings (SSSR count). The highest BCUT2D eigenvalue weighted by Gasteiger charge is 2.21. The zero-order valence-corrected chi connectivity index (χ0v) is 16.2. The molecule has 0 atom stereocenters. The molecule has 7 heteroatoms. The number of para-hydroxylation sites is 1. The van der Waals surface area contributed by atoms with E-state index in [1.54, 1.807) is 19.3 Å². The van der Waals surface area contributed by atoms with E-state index >= 15 is 0 Å². The first-order valence-electron chi connectivity index (χ1n) is 9.10. The number of carbonyl (C=O) groups excluding carboxylic acids is 1. The maximum atomic E-state index is 12.7. The molecule has 2 heterocycles. The lowest BCUT2D eigenvalue weighted by Gasteiger charge is -2.29. The van der Waals surface area contributed by atoms with Crippen LogP contribution in [-0.2, 0) is 17.6 Å². The van der Waals surface area contributed by atoms with E-state index in [1.807, 2.05) is 29.2 Å². The summed E-state index contributed by atoms with van der Waals surface area (Å²) >= 11 is 5.79. The van der Waals surface area contributed by atoms with Crippen molar-refractivity contribution in [2.45, 2.75) is 19.3 Å². The zero-order valence-electron chi connectivity index (χ0n) is 15.4. The van der Waals surface area contributed by atoms with E-state index in [2.05, 4.69) is 26.7 Å². The molecule has 0 saturated heterocycles. The fourth-order valence-electron chi connectivity index (χ4n) is 3.15. The molecule has 0 bridgehead atoms. The van der Waals surface area contributed by atoms with Crippen LogP contribution in [0, 0.1) is 0 Å². The highest BCUT2D eigenvalue weighted by molar-refractivity contribution is 6.29. The number of guanidine groups is 1. The maximum absolute atomic E-state index is 12.7. The van der Waals surface area contributed by atoms with Gasteiger partial charge in [-0.2, -0.15) is 0 Å². The monoisotopic (exact) mass is 385 g/mol. The lowest BCUT2D eigenvalue weighted by Crippen LogP contribution is -2.46. The lowest BCUT2D eigenvalue weighted by molar-refractivity contribution is -0.117. The molecule has 27 heavy (non-hydrogen) atoms. The summed E-state index contributed by atoms with van der Waals surface area (Å²) in [5.74, 6) is 0.655. The van der Waals surface area contributed by atoms with Gasteiger partial charge >= 0.3 is 0 Å². The fourth-order valence-corrected chi connectivity index (χ4v) is 3.26. The predicted molar refractivity (Wildman–Crippen MR) is 109 cm³/mol. The van der Waals surface area contributed by atoms with Crippen LogP contribution in [0.3, 0.4) is 0 Å². The summed E-state index contributed by atoms with van der Waals surface area (Å²) in [5, 5.41) is 6.81. The highest BCUT2D eigenvalue weighted by Crippen LogP contribution is 2.26. The van der Waals surface area contributed by atoms with Gasteiger partial charge in [-0.25, -0.2) is 4.98 Å². The largest absolute Gasteiger partial charge is 0.356 e. The zero-order chi connectivity index (χ0) is 19.1. The second-order valence-electron chi connectivity index (χ2n) is 6.37. The Morgan fingerprint density at radius 1 is 1.26 bits per heavy atom. The van der Waals surface area contributed by atoms with Crippen molar-refractivity contribution in [3.63, 3.8) is 0 Å². The molecule has 0 radical (unpaired) electrons. The van der Waals surface area contributed by atoms with Crippen LogP contribution in [0.4, 0.5) is 5.69 Å². The molecule has 1 amide bonds. The molecule has 0 unspecified atom stereocenters. The number of hydrogen-bond donors (Lipinski definition) is 2. The van der Waals surface area contributed by atoms with Crippen molar-refractivity contribution < 1.29 is 4.79 Å². The summed E-state index contributed by atoms with van der Waals surface area (Å²) in [6, 6.07) is 11.8. The number of aromatic nitrogens is 1. The molecule has 0 spiro atoms. The molecule has 1 aromatic heterocycles. The van der Waals surface area contributed by atoms with Gasteiger partial charge in [0.05, 0.1) is 6.54 Å². The van der Waals surface area contributed by atoms with Crippen LogP contribution in [0.15, 0.2) is 47.6 Å². The van der Waals surface area contributed by atoms with Crippen molar-refractivity contribution >= 4 is 29.2 Å². The first-order valence-corrected chi connectivity index (χ1v) is 9.48. The number of hydrogen-bond acceptors (Lipinski definition) is 3. The van der Waals surface area contributed by atoms with Gasteiger partial charge in [0.2, 0.25) is 5.91 Å². The Labute approximate surface area is 164 Å². The molecule has 1 aliphatic rings. The Bertz CT molecular complexity index is 806. The number of aryl methyl sites for hydroxylation is 1. The predicted octanol–water partition coefficient (Wildman–Crippen LogP) is 2.42. The number of halogens is 1. The topological polar surface area (TPSA) is 69.6 Å². The van der Waals surface area contributed by atoms with Gasteiger partial charge in [-0.05, 0) is 42.5 Å². The molecule has 0 aliphatic carbocycles. The number of aliphatic imine (C=N–C) groups is 1. The van der Waals surface area contributed by atoms with E-state index in [4.69, 9.17) is 11.6 Å². The third-order valence-corrected chi connectivity index (χ3v) is 4.76. The van der Waals surface area contributed by atoms with Crippen LogP contribution in [0.25, 0.3) is 0 Å². The van der Waals surface area contributed by atoms with Crippen LogP contribution in [-0.4, -0.2) is 43.5 Å². The number of rotatable bonds is 5. The number of amides is 1. The second-order valence-corrected chi connectivity index (χ2v) is 6.76. The molecule has 2 aromatic rings. The van der Waals surface area contributed by atoms with Crippen molar-refractivity contribution in [3.8, 4) is 0 Å². The third-order valence-electron chi connectivity index (χ3n) is 4.54. The average Bonchev–Trinajstić information content (AvgIpc) is 2.71. The number of anilines is 1. The maximum Gasteiger partial charge on any atom is 0.246 e. The van der Waals surface area contributed by atoms with E-state index < -0.39 is 0 Å². The van der Waals surface area contributed by atoms with E-state index in [1.165, 1.54) is 5.56 Å². The Hall–Kier alpha value is -2.60. The van der Waals surface area contributed by atoms with E-state index in [-0.39, 0.29) is 12.5 Å². The summed E-state index contributed by atoms with van der Waals surface area (Å²) in [6.07, 6.45) is 4.57. The summed E-state index contributed by atoms with van der Waals surface area (Å²) < 4.78 is 0. The molecular formula is C20H24ClN5O.